The third-order valence-corrected chi connectivity index (χ3v) is 4.91. The Morgan fingerprint density at radius 3 is 2.47 bits per heavy atom. The highest BCUT2D eigenvalue weighted by Crippen LogP contribution is 2.19. The van der Waals surface area contributed by atoms with Gasteiger partial charge in [-0.2, -0.15) is 0 Å². The average molecular weight is 398 g/mol. The number of nitrogens with one attached hydrogen (secondary N) is 2. The third kappa shape index (κ3) is 4.38. The van der Waals surface area contributed by atoms with Crippen molar-refractivity contribution in [3.63, 3.8) is 0 Å². The van der Waals surface area contributed by atoms with Crippen LogP contribution in [0.3, 0.4) is 0 Å². The molecule has 1 amide bonds. The Morgan fingerprint density at radius 2 is 1.77 bits per heavy atom. The largest absolute Gasteiger partial charge is 0.358 e. The molecule has 2 aromatic carbocycles. The van der Waals surface area contributed by atoms with Gasteiger partial charge >= 0.3 is 0 Å². The van der Waals surface area contributed by atoms with Crippen LogP contribution in [-0.2, 0) is 18.3 Å². The van der Waals surface area contributed by atoms with Gasteiger partial charge in [-0.15, -0.1) is 0 Å². The van der Waals surface area contributed by atoms with Crippen molar-refractivity contribution >= 4 is 17.4 Å². The van der Waals surface area contributed by atoms with Crippen LogP contribution in [-0.4, -0.2) is 26.2 Å². The highest BCUT2D eigenvalue weighted by molar-refractivity contribution is 6.07. The van der Waals surface area contributed by atoms with Crippen molar-refractivity contribution in [1.82, 2.24) is 14.5 Å². The number of carbonyl (C=O) groups is 2. The Bertz CT molecular complexity index is 1160. The van der Waals surface area contributed by atoms with E-state index in [9.17, 15) is 9.59 Å². The fourth-order valence-electron chi connectivity index (χ4n) is 3.26. The minimum Gasteiger partial charge on any atom is -0.358 e. The SMILES string of the molecule is Cn1ccnc1C(=O)c1ccc(NC(=O)CCc2ccc(-c3ccccc3)[nH]2)cc1. The highest BCUT2D eigenvalue weighted by atomic mass is 16.1. The first kappa shape index (κ1) is 19.4. The van der Waals surface area contributed by atoms with E-state index in [1.807, 2.05) is 42.5 Å². The minimum absolute atomic E-state index is 0.0750. The van der Waals surface area contributed by atoms with E-state index in [4.69, 9.17) is 0 Å². The van der Waals surface area contributed by atoms with Crippen molar-refractivity contribution in [1.29, 1.82) is 0 Å². The number of amides is 1. The van der Waals surface area contributed by atoms with Crippen LogP contribution in [0.25, 0.3) is 11.3 Å². The summed E-state index contributed by atoms with van der Waals surface area (Å²) in [6, 6.07) is 21.0. The molecule has 0 saturated carbocycles. The molecule has 0 aliphatic carbocycles. The molecular formula is C24H22N4O2. The topological polar surface area (TPSA) is 79.8 Å². The van der Waals surface area contributed by atoms with E-state index in [0.29, 0.717) is 29.9 Å². The fraction of sp³-hybridized carbons (Fsp3) is 0.125. The number of hydrogen-bond acceptors (Lipinski definition) is 3. The number of nitrogens with zero attached hydrogens (tertiary/aromatic N) is 2. The van der Waals surface area contributed by atoms with Crippen LogP contribution in [0, 0.1) is 0 Å². The summed E-state index contributed by atoms with van der Waals surface area (Å²) in [7, 11) is 1.78. The second kappa shape index (κ2) is 8.61. The standard InChI is InChI=1S/C24H22N4O2/c1-28-16-15-25-24(28)23(30)18-7-9-20(10-8-18)27-22(29)14-12-19-11-13-21(26-19)17-5-3-2-4-6-17/h2-11,13,15-16,26H,12,14H2,1H3,(H,27,29). The normalized spacial score (nSPS) is 10.7. The maximum atomic E-state index is 12.5. The van der Waals surface area contributed by atoms with Crippen molar-refractivity contribution in [2.45, 2.75) is 12.8 Å². The van der Waals surface area contributed by atoms with Gasteiger partial charge in [-0.1, -0.05) is 30.3 Å². The summed E-state index contributed by atoms with van der Waals surface area (Å²) < 4.78 is 1.68. The van der Waals surface area contributed by atoms with Gasteiger partial charge in [0.1, 0.15) is 0 Å². The number of carbonyl (C=O) groups excluding carboxylic acids is 2. The number of H-pyrrole nitrogens is 1. The Morgan fingerprint density at radius 1 is 1.00 bits per heavy atom. The number of ketones is 1. The molecule has 0 bridgehead atoms. The lowest BCUT2D eigenvalue weighted by Gasteiger charge is -2.06. The Kier molecular flexibility index (Phi) is 5.57. The van der Waals surface area contributed by atoms with Crippen molar-refractivity contribution in [3.8, 4) is 11.3 Å². The quantitative estimate of drug-likeness (QED) is 0.458. The van der Waals surface area contributed by atoms with Crippen LogP contribution in [0.2, 0.25) is 0 Å². The summed E-state index contributed by atoms with van der Waals surface area (Å²) in [4.78, 5) is 32.2. The molecule has 0 spiro atoms. The molecule has 6 nitrogen and oxygen atoms in total. The zero-order chi connectivity index (χ0) is 20.9. The van der Waals surface area contributed by atoms with Crippen molar-refractivity contribution in [3.05, 3.63) is 96.2 Å². The molecule has 150 valence electrons. The number of aromatic amines is 1. The fourth-order valence-corrected chi connectivity index (χ4v) is 3.26. The zero-order valence-corrected chi connectivity index (χ0v) is 16.6. The highest BCUT2D eigenvalue weighted by Gasteiger charge is 2.13. The van der Waals surface area contributed by atoms with Crippen molar-refractivity contribution < 1.29 is 9.59 Å². The zero-order valence-electron chi connectivity index (χ0n) is 16.6. The lowest BCUT2D eigenvalue weighted by Crippen LogP contribution is -2.13. The number of aryl methyl sites for hydroxylation is 2. The van der Waals surface area contributed by atoms with Crippen molar-refractivity contribution in [2.75, 3.05) is 5.32 Å². The molecule has 6 heteroatoms. The number of benzene rings is 2. The number of hydrogen-bond donors (Lipinski definition) is 2. The smallest absolute Gasteiger partial charge is 0.228 e. The predicted molar refractivity (Wildman–Crippen MR) is 116 cm³/mol. The molecule has 0 radical (unpaired) electrons. The minimum atomic E-state index is -0.152. The first-order valence-electron chi connectivity index (χ1n) is 9.75. The molecule has 2 aromatic heterocycles. The maximum absolute atomic E-state index is 12.5. The summed E-state index contributed by atoms with van der Waals surface area (Å²) in [5.41, 5.74) is 4.36. The average Bonchev–Trinajstić information content (AvgIpc) is 3.42. The second-order valence-corrected chi connectivity index (χ2v) is 7.08. The number of anilines is 1. The molecule has 0 fully saturated rings. The number of aromatic nitrogens is 3. The van der Waals surface area contributed by atoms with E-state index in [2.05, 4.69) is 15.3 Å². The molecule has 2 heterocycles. The lowest BCUT2D eigenvalue weighted by molar-refractivity contribution is -0.116. The maximum Gasteiger partial charge on any atom is 0.228 e. The van der Waals surface area contributed by atoms with Gasteiger partial charge in [-0.05, 0) is 48.4 Å². The van der Waals surface area contributed by atoms with Crippen molar-refractivity contribution in [2.24, 2.45) is 7.05 Å². The van der Waals surface area contributed by atoms with E-state index in [1.54, 1.807) is 48.3 Å². The van der Waals surface area contributed by atoms with Crippen LogP contribution in [0.15, 0.2) is 79.1 Å². The molecule has 4 rings (SSSR count). The van der Waals surface area contributed by atoms with Gasteiger partial charge in [-0.3, -0.25) is 9.59 Å². The molecule has 0 unspecified atom stereocenters. The van der Waals surface area contributed by atoms with Crippen LogP contribution in [0.5, 0.6) is 0 Å². The van der Waals surface area contributed by atoms with Crippen LogP contribution >= 0.6 is 0 Å². The molecule has 2 N–H and O–H groups in total. The van der Waals surface area contributed by atoms with Gasteiger partial charge in [0.15, 0.2) is 5.82 Å². The van der Waals surface area contributed by atoms with E-state index >= 15 is 0 Å². The van der Waals surface area contributed by atoms with Gasteiger partial charge in [0.05, 0.1) is 0 Å². The van der Waals surface area contributed by atoms with Crippen LogP contribution < -0.4 is 5.32 Å². The number of imidazole rings is 1. The molecule has 30 heavy (non-hydrogen) atoms. The molecule has 4 aromatic rings. The predicted octanol–water partition coefficient (Wildman–Crippen LogP) is 4.22. The van der Waals surface area contributed by atoms with Gasteiger partial charge in [0.25, 0.3) is 0 Å². The summed E-state index contributed by atoms with van der Waals surface area (Å²) >= 11 is 0. The summed E-state index contributed by atoms with van der Waals surface area (Å²) in [6.45, 7) is 0. The summed E-state index contributed by atoms with van der Waals surface area (Å²) in [5, 5.41) is 2.88. The third-order valence-electron chi connectivity index (χ3n) is 4.91. The van der Waals surface area contributed by atoms with E-state index in [1.165, 1.54) is 0 Å². The molecule has 0 aliphatic rings. The Hall–Kier alpha value is -3.93. The second-order valence-electron chi connectivity index (χ2n) is 7.08. The summed E-state index contributed by atoms with van der Waals surface area (Å²) in [6.07, 6.45) is 4.31. The molecular weight excluding hydrogens is 376 g/mol. The Labute approximate surface area is 174 Å². The summed E-state index contributed by atoms with van der Waals surface area (Å²) in [5.74, 6) is 0.156. The van der Waals surface area contributed by atoms with E-state index in [-0.39, 0.29) is 11.7 Å². The Balaban J connectivity index is 1.32. The van der Waals surface area contributed by atoms with Gasteiger partial charge in [0.2, 0.25) is 11.7 Å². The van der Waals surface area contributed by atoms with Gasteiger partial charge in [0, 0.05) is 48.5 Å². The van der Waals surface area contributed by atoms with Crippen LogP contribution in [0.4, 0.5) is 5.69 Å². The molecule has 0 atom stereocenters. The molecule has 0 saturated heterocycles. The van der Waals surface area contributed by atoms with Gasteiger partial charge in [-0.25, -0.2) is 4.98 Å². The van der Waals surface area contributed by atoms with E-state index in [0.717, 1.165) is 17.0 Å². The van der Waals surface area contributed by atoms with Gasteiger partial charge < -0.3 is 14.9 Å². The lowest BCUT2D eigenvalue weighted by atomic mass is 10.1. The number of rotatable bonds is 7. The van der Waals surface area contributed by atoms with Crippen LogP contribution in [0.1, 0.15) is 28.3 Å². The molecule has 0 aliphatic heterocycles. The first-order chi connectivity index (χ1) is 14.6. The monoisotopic (exact) mass is 398 g/mol. The first-order valence-corrected chi connectivity index (χ1v) is 9.75. The van der Waals surface area contributed by atoms with E-state index < -0.39 is 0 Å².